The van der Waals surface area contributed by atoms with Crippen LogP contribution in [0.5, 0.6) is 5.75 Å². The van der Waals surface area contributed by atoms with Crippen molar-refractivity contribution in [3.63, 3.8) is 0 Å². The second kappa shape index (κ2) is 9.06. The van der Waals surface area contributed by atoms with Crippen LogP contribution in [0, 0.1) is 10.1 Å². The summed E-state index contributed by atoms with van der Waals surface area (Å²) in [5, 5.41) is 20.5. The summed E-state index contributed by atoms with van der Waals surface area (Å²) in [4.78, 5) is 35.4. The van der Waals surface area contributed by atoms with E-state index in [0.29, 0.717) is 11.1 Å². The number of hydrogen-bond acceptors (Lipinski definition) is 6. The van der Waals surface area contributed by atoms with Gasteiger partial charge in [-0.1, -0.05) is 60.7 Å². The van der Waals surface area contributed by atoms with Gasteiger partial charge in [0.2, 0.25) is 5.76 Å². The van der Waals surface area contributed by atoms with E-state index in [1.54, 1.807) is 0 Å². The molecule has 164 valence electrons. The molecule has 9 heteroatoms. The first-order valence-corrected chi connectivity index (χ1v) is 9.76. The first-order valence-electron chi connectivity index (χ1n) is 9.76. The molecular weight excluding hydrogens is 426 g/mol. The number of carbonyl (C=O) groups is 2. The summed E-state index contributed by atoms with van der Waals surface area (Å²) in [5.74, 6) is -2.10. The molecule has 1 aromatic heterocycles. The summed E-state index contributed by atoms with van der Waals surface area (Å²) < 4.78 is 5.59. The number of rotatable bonds is 5. The fraction of sp³-hybridized carbons (Fsp3) is 0. The highest BCUT2D eigenvalue weighted by Crippen LogP contribution is 2.36. The molecule has 0 spiro atoms. The Balaban J connectivity index is 1.60. The van der Waals surface area contributed by atoms with Crippen molar-refractivity contribution < 1.29 is 24.0 Å². The van der Waals surface area contributed by atoms with Crippen molar-refractivity contribution in [3.05, 3.63) is 107 Å². The molecule has 0 aliphatic carbocycles. The van der Waals surface area contributed by atoms with Gasteiger partial charge in [0.1, 0.15) is 0 Å². The van der Waals surface area contributed by atoms with Crippen molar-refractivity contribution in [1.29, 1.82) is 0 Å². The normalized spacial score (nSPS) is 10.4. The van der Waals surface area contributed by atoms with Gasteiger partial charge in [-0.3, -0.25) is 30.6 Å². The zero-order valence-electron chi connectivity index (χ0n) is 17.0. The lowest BCUT2D eigenvalue weighted by Crippen LogP contribution is -2.41. The minimum Gasteiger partial charge on any atom is -0.502 e. The van der Waals surface area contributed by atoms with Gasteiger partial charge in [-0.15, -0.1) is 0 Å². The Labute approximate surface area is 187 Å². The number of nitrogens with zero attached hydrogens (tertiary/aromatic N) is 1. The minimum atomic E-state index is -0.815. The Morgan fingerprint density at radius 1 is 0.848 bits per heavy atom. The smallest absolute Gasteiger partial charge is 0.311 e. The third kappa shape index (κ3) is 4.42. The van der Waals surface area contributed by atoms with Crippen LogP contribution < -0.4 is 10.9 Å². The Morgan fingerprint density at radius 3 is 2.09 bits per heavy atom. The van der Waals surface area contributed by atoms with E-state index in [-0.39, 0.29) is 11.3 Å². The van der Waals surface area contributed by atoms with Crippen LogP contribution in [0.4, 0.5) is 5.69 Å². The first-order chi connectivity index (χ1) is 16.0. The monoisotopic (exact) mass is 443 g/mol. The van der Waals surface area contributed by atoms with Crippen LogP contribution in [-0.4, -0.2) is 21.8 Å². The van der Waals surface area contributed by atoms with Gasteiger partial charge in [-0.2, -0.15) is 0 Å². The lowest BCUT2D eigenvalue weighted by atomic mass is 9.96. The number of nitro benzene ring substituents is 1. The van der Waals surface area contributed by atoms with Crippen LogP contribution in [0.3, 0.4) is 0 Å². The van der Waals surface area contributed by atoms with Gasteiger partial charge in [0.15, 0.2) is 5.75 Å². The van der Waals surface area contributed by atoms with Crippen molar-refractivity contribution in [1.82, 2.24) is 10.9 Å². The summed E-state index contributed by atoms with van der Waals surface area (Å²) >= 11 is 0. The third-order valence-corrected chi connectivity index (χ3v) is 4.87. The van der Waals surface area contributed by atoms with Crippen molar-refractivity contribution in [3.8, 4) is 28.0 Å². The standard InChI is InChI=1S/C24H17N3O6/c28-20-12-11-17(13-19(20)27(31)32)23(29)25-26-24(30)22-21(16-9-5-2-6-10-16)18(14-33-22)15-7-3-1-4-8-15/h1-14,28H,(H,25,29)(H,26,30). The average Bonchev–Trinajstić information content (AvgIpc) is 3.29. The number of nitro groups is 1. The lowest BCUT2D eigenvalue weighted by molar-refractivity contribution is -0.385. The molecule has 1 heterocycles. The van der Waals surface area contributed by atoms with Gasteiger partial charge in [-0.05, 0) is 23.3 Å². The number of amides is 2. The summed E-state index contributed by atoms with van der Waals surface area (Å²) in [6.45, 7) is 0. The van der Waals surface area contributed by atoms with Crippen molar-refractivity contribution in [2.24, 2.45) is 0 Å². The molecule has 3 aromatic carbocycles. The molecule has 0 atom stereocenters. The summed E-state index contributed by atoms with van der Waals surface area (Å²) in [5.41, 5.74) is 6.58. The van der Waals surface area contributed by atoms with Crippen LogP contribution in [0.1, 0.15) is 20.9 Å². The molecule has 0 fully saturated rings. The number of aromatic hydroxyl groups is 1. The maximum absolute atomic E-state index is 12.9. The van der Waals surface area contributed by atoms with Crippen molar-refractivity contribution in [2.75, 3.05) is 0 Å². The Morgan fingerprint density at radius 2 is 1.45 bits per heavy atom. The molecule has 0 bridgehead atoms. The van der Waals surface area contributed by atoms with Gasteiger partial charge in [0.05, 0.1) is 11.2 Å². The first kappa shape index (κ1) is 21.3. The number of furan rings is 1. The van der Waals surface area contributed by atoms with Gasteiger partial charge < -0.3 is 9.52 Å². The topological polar surface area (TPSA) is 135 Å². The molecule has 3 N–H and O–H groups in total. The van der Waals surface area contributed by atoms with Crippen LogP contribution in [0.25, 0.3) is 22.3 Å². The number of benzene rings is 3. The molecule has 0 unspecified atom stereocenters. The predicted octanol–water partition coefficient (Wildman–Crippen LogP) is 4.30. The molecule has 0 saturated heterocycles. The van der Waals surface area contributed by atoms with Crippen molar-refractivity contribution >= 4 is 17.5 Å². The lowest BCUT2D eigenvalue weighted by Gasteiger charge is -2.09. The quantitative estimate of drug-likeness (QED) is 0.311. The molecule has 0 saturated carbocycles. The van der Waals surface area contributed by atoms with E-state index in [2.05, 4.69) is 10.9 Å². The fourth-order valence-corrected chi connectivity index (χ4v) is 3.30. The van der Waals surface area contributed by atoms with E-state index in [9.17, 15) is 24.8 Å². The molecule has 0 aliphatic heterocycles. The highest BCUT2D eigenvalue weighted by molar-refractivity contribution is 6.04. The molecule has 2 amide bonds. The SMILES string of the molecule is O=C(NNC(=O)c1occ(-c2ccccc2)c1-c1ccccc1)c1ccc(O)c([N+](=O)[O-])c1. The number of hydrogen-bond donors (Lipinski definition) is 3. The number of carbonyl (C=O) groups excluding carboxylic acids is 2. The number of hydrazine groups is 1. The van der Waals surface area contributed by atoms with Crippen LogP contribution in [0.2, 0.25) is 0 Å². The Kier molecular flexibility index (Phi) is 5.85. The molecular formula is C24H17N3O6. The molecule has 9 nitrogen and oxygen atoms in total. The zero-order chi connectivity index (χ0) is 23.4. The highest BCUT2D eigenvalue weighted by Gasteiger charge is 2.23. The van der Waals surface area contributed by atoms with Gasteiger partial charge in [0.25, 0.3) is 5.91 Å². The fourth-order valence-electron chi connectivity index (χ4n) is 3.30. The molecule has 4 rings (SSSR count). The zero-order valence-corrected chi connectivity index (χ0v) is 17.0. The van der Waals surface area contributed by atoms with Gasteiger partial charge in [-0.25, -0.2) is 0 Å². The maximum Gasteiger partial charge on any atom is 0.311 e. The minimum absolute atomic E-state index is 0.0166. The van der Waals surface area contributed by atoms with Crippen LogP contribution >= 0.6 is 0 Å². The van der Waals surface area contributed by atoms with E-state index in [1.807, 2.05) is 60.7 Å². The van der Waals surface area contributed by atoms with E-state index in [0.717, 1.165) is 23.3 Å². The Bertz CT molecular complexity index is 1330. The Hall–Kier alpha value is -4.92. The van der Waals surface area contributed by atoms with E-state index in [1.165, 1.54) is 12.3 Å². The van der Waals surface area contributed by atoms with Gasteiger partial charge in [0, 0.05) is 22.8 Å². The van der Waals surface area contributed by atoms with E-state index < -0.39 is 28.2 Å². The highest BCUT2D eigenvalue weighted by atomic mass is 16.6. The van der Waals surface area contributed by atoms with Crippen LogP contribution in [-0.2, 0) is 0 Å². The largest absolute Gasteiger partial charge is 0.502 e. The summed E-state index contributed by atoms with van der Waals surface area (Å²) in [6, 6.07) is 21.7. The van der Waals surface area contributed by atoms with Crippen molar-refractivity contribution in [2.45, 2.75) is 0 Å². The molecule has 0 radical (unpaired) electrons. The second-order valence-corrected chi connectivity index (χ2v) is 6.95. The van der Waals surface area contributed by atoms with E-state index in [4.69, 9.17) is 4.42 Å². The number of phenolic OH excluding ortho intramolecular Hbond substituents is 1. The van der Waals surface area contributed by atoms with Gasteiger partial charge >= 0.3 is 11.6 Å². The molecule has 4 aromatic rings. The third-order valence-electron chi connectivity index (χ3n) is 4.87. The number of nitrogens with one attached hydrogen (secondary N) is 2. The molecule has 0 aliphatic rings. The number of phenols is 1. The maximum atomic E-state index is 12.9. The second-order valence-electron chi connectivity index (χ2n) is 6.95. The van der Waals surface area contributed by atoms with E-state index >= 15 is 0 Å². The summed E-state index contributed by atoms with van der Waals surface area (Å²) in [7, 11) is 0. The van der Waals surface area contributed by atoms with Crippen LogP contribution in [0.15, 0.2) is 89.5 Å². The predicted molar refractivity (Wildman–Crippen MR) is 119 cm³/mol. The average molecular weight is 443 g/mol. The summed E-state index contributed by atoms with van der Waals surface area (Å²) in [6.07, 6.45) is 1.47. The molecule has 33 heavy (non-hydrogen) atoms.